The number of ether oxygens (including phenoxy) is 1. The van der Waals surface area contributed by atoms with E-state index in [4.69, 9.17) is 5.11 Å². The molecule has 108 valence electrons. The topological polar surface area (TPSA) is 106 Å². The molecule has 7 nitrogen and oxygen atoms in total. The molecule has 1 heterocycles. The van der Waals surface area contributed by atoms with Gasteiger partial charge in [-0.3, -0.25) is 9.59 Å². The third-order valence-corrected chi connectivity index (χ3v) is 2.59. The van der Waals surface area contributed by atoms with Gasteiger partial charge in [-0.25, -0.2) is 9.78 Å². The Morgan fingerprint density at radius 3 is 2.65 bits per heavy atom. The highest BCUT2D eigenvalue weighted by atomic mass is 16.5. The Kier molecular flexibility index (Phi) is 5.64. The smallest absolute Gasteiger partial charge is 0.326 e. The van der Waals surface area contributed by atoms with Crippen LogP contribution in [0.4, 0.5) is 0 Å². The number of nitrogens with zero attached hydrogens (tertiary/aromatic N) is 1. The Labute approximate surface area is 116 Å². The van der Waals surface area contributed by atoms with Crippen LogP contribution in [0.5, 0.6) is 0 Å². The molecule has 0 radical (unpaired) electrons. The summed E-state index contributed by atoms with van der Waals surface area (Å²) in [5.41, 5.74) is 0.786. The van der Waals surface area contributed by atoms with Crippen LogP contribution in [0, 0.1) is 6.92 Å². The van der Waals surface area contributed by atoms with Gasteiger partial charge in [0.2, 0.25) is 0 Å². The van der Waals surface area contributed by atoms with Crippen LogP contribution in [-0.4, -0.2) is 41.1 Å². The molecular formula is C13H16N2O5. The normalized spacial score (nSPS) is 11.5. The first kappa shape index (κ1) is 15.6. The van der Waals surface area contributed by atoms with E-state index in [1.54, 1.807) is 19.1 Å². The SMILES string of the molecule is COC(=O)CCC(NC(=O)c1cccc(C)n1)C(=O)O. The van der Waals surface area contributed by atoms with E-state index in [1.807, 2.05) is 0 Å². The maximum Gasteiger partial charge on any atom is 0.326 e. The van der Waals surface area contributed by atoms with Crippen molar-refractivity contribution < 1.29 is 24.2 Å². The van der Waals surface area contributed by atoms with E-state index < -0.39 is 23.9 Å². The van der Waals surface area contributed by atoms with Crippen molar-refractivity contribution in [1.82, 2.24) is 10.3 Å². The maximum atomic E-state index is 11.9. The number of aromatic nitrogens is 1. The number of methoxy groups -OCH3 is 1. The summed E-state index contributed by atoms with van der Waals surface area (Å²) in [6, 6.07) is 3.70. The molecule has 1 atom stereocenters. The predicted molar refractivity (Wildman–Crippen MR) is 69.1 cm³/mol. The fraction of sp³-hybridized carbons (Fsp3) is 0.385. The first-order valence-corrected chi connectivity index (χ1v) is 5.98. The van der Waals surface area contributed by atoms with Crippen LogP contribution < -0.4 is 5.32 Å². The van der Waals surface area contributed by atoms with E-state index in [9.17, 15) is 14.4 Å². The molecule has 1 amide bonds. The minimum absolute atomic E-state index is 0.0421. The Morgan fingerprint density at radius 2 is 2.10 bits per heavy atom. The fourth-order valence-electron chi connectivity index (χ4n) is 1.52. The van der Waals surface area contributed by atoms with Gasteiger partial charge in [0.25, 0.3) is 5.91 Å². The van der Waals surface area contributed by atoms with Gasteiger partial charge in [0, 0.05) is 12.1 Å². The first-order valence-electron chi connectivity index (χ1n) is 5.98. The molecule has 1 rings (SSSR count). The lowest BCUT2D eigenvalue weighted by Gasteiger charge is -2.13. The number of carboxylic acid groups (broad SMARTS) is 1. The van der Waals surface area contributed by atoms with E-state index in [2.05, 4.69) is 15.0 Å². The van der Waals surface area contributed by atoms with Crippen LogP contribution in [0.15, 0.2) is 18.2 Å². The number of pyridine rings is 1. The summed E-state index contributed by atoms with van der Waals surface area (Å²) in [5, 5.41) is 11.4. The minimum Gasteiger partial charge on any atom is -0.480 e. The summed E-state index contributed by atoms with van der Waals surface area (Å²) >= 11 is 0. The number of carbonyl (C=O) groups is 3. The van der Waals surface area contributed by atoms with Crippen molar-refractivity contribution in [3.8, 4) is 0 Å². The van der Waals surface area contributed by atoms with E-state index >= 15 is 0 Å². The number of carboxylic acids is 1. The monoisotopic (exact) mass is 280 g/mol. The van der Waals surface area contributed by atoms with Crippen molar-refractivity contribution in [2.45, 2.75) is 25.8 Å². The molecule has 2 N–H and O–H groups in total. The number of rotatable bonds is 6. The van der Waals surface area contributed by atoms with Crippen molar-refractivity contribution in [3.05, 3.63) is 29.6 Å². The molecule has 0 fully saturated rings. The number of amides is 1. The Balaban J connectivity index is 2.68. The zero-order valence-electron chi connectivity index (χ0n) is 11.3. The Bertz CT molecular complexity index is 515. The van der Waals surface area contributed by atoms with Crippen LogP contribution in [0.1, 0.15) is 29.0 Å². The highest BCUT2D eigenvalue weighted by molar-refractivity contribution is 5.95. The van der Waals surface area contributed by atoms with Crippen LogP contribution >= 0.6 is 0 Å². The highest BCUT2D eigenvalue weighted by Gasteiger charge is 2.22. The van der Waals surface area contributed by atoms with Crippen LogP contribution in [0.2, 0.25) is 0 Å². The molecule has 20 heavy (non-hydrogen) atoms. The average Bonchev–Trinajstić information content (AvgIpc) is 2.42. The van der Waals surface area contributed by atoms with E-state index in [0.717, 1.165) is 0 Å². The van der Waals surface area contributed by atoms with Gasteiger partial charge in [-0.2, -0.15) is 0 Å². The van der Waals surface area contributed by atoms with Gasteiger partial charge in [0.05, 0.1) is 7.11 Å². The Hall–Kier alpha value is -2.44. The third kappa shape index (κ3) is 4.68. The highest BCUT2D eigenvalue weighted by Crippen LogP contribution is 2.03. The lowest BCUT2D eigenvalue weighted by atomic mass is 10.1. The average molecular weight is 280 g/mol. The molecule has 0 aromatic carbocycles. The number of aliphatic carboxylic acids is 1. The summed E-state index contributed by atoms with van der Waals surface area (Å²) in [6.07, 6.45) is -0.130. The first-order chi connectivity index (χ1) is 9.43. The van der Waals surface area contributed by atoms with Crippen molar-refractivity contribution in [3.63, 3.8) is 0 Å². The van der Waals surface area contributed by atoms with Gasteiger partial charge in [-0.05, 0) is 25.5 Å². The standard InChI is InChI=1S/C13H16N2O5/c1-8-4-3-5-9(14-8)12(17)15-10(13(18)19)6-7-11(16)20-2/h3-5,10H,6-7H2,1-2H3,(H,15,17)(H,18,19). The molecule has 0 saturated carbocycles. The molecule has 0 aliphatic heterocycles. The summed E-state index contributed by atoms with van der Waals surface area (Å²) in [7, 11) is 1.22. The minimum atomic E-state index is -1.21. The molecule has 0 saturated heterocycles. The second-order valence-electron chi connectivity index (χ2n) is 4.14. The zero-order valence-corrected chi connectivity index (χ0v) is 11.3. The van der Waals surface area contributed by atoms with Gasteiger partial charge in [0.15, 0.2) is 0 Å². The number of nitrogens with one attached hydrogen (secondary N) is 1. The van der Waals surface area contributed by atoms with Crippen molar-refractivity contribution >= 4 is 17.8 Å². The van der Waals surface area contributed by atoms with Crippen LogP contribution in [0.3, 0.4) is 0 Å². The summed E-state index contributed by atoms with van der Waals surface area (Å²) in [5.74, 6) is -2.33. The van der Waals surface area contributed by atoms with Gasteiger partial charge >= 0.3 is 11.9 Å². The van der Waals surface area contributed by atoms with Crippen molar-refractivity contribution in [2.75, 3.05) is 7.11 Å². The van der Waals surface area contributed by atoms with Gasteiger partial charge < -0.3 is 15.2 Å². The second-order valence-corrected chi connectivity index (χ2v) is 4.14. The molecule has 0 spiro atoms. The van der Waals surface area contributed by atoms with Gasteiger partial charge in [0.1, 0.15) is 11.7 Å². The lowest BCUT2D eigenvalue weighted by Crippen LogP contribution is -2.41. The van der Waals surface area contributed by atoms with Gasteiger partial charge in [-0.15, -0.1) is 0 Å². The number of esters is 1. The number of aryl methyl sites for hydroxylation is 1. The quantitative estimate of drug-likeness (QED) is 0.736. The number of hydrogen-bond acceptors (Lipinski definition) is 5. The number of hydrogen-bond donors (Lipinski definition) is 2. The molecule has 0 bridgehead atoms. The lowest BCUT2D eigenvalue weighted by molar-refractivity contribution is -0.142. The van der Waals surface area contributed by atoms with Crippen LogP contribution in [-0.2, 0) is 14.3 Å². The van der Waals surface area contributed by atoms with Crippen molar-refractivity contribution in [2.24, 2.45) is 0 Å². The summed E-state index contributed by atoms with van der Waals surface area (Å²) in [4.78, 5) is 37.9. The van der Waals surface area contributed by atoms with Crippen molar-refractivity contribution in [1.29, 1.82) is 0 Å². The molecule has 1 unspecified atom stereocenters. The fourth-order valence-corrected chi connectivity index (χ4v) is 1.52. The van der Waals surface area contributed by atoms with Gasteiger partial charge in [-0.1, -0.05) is 6.07 Å². The largest absolute Gasteiger partial charge is 0.480 e. The molecule has 1 aromatic rings. The number of carbonyl (C=O) groups excluding carboxylic acids is 2. The summed E-state index contributed by atoms with van der Waals surface area (Å²) in [6.45, 7) is 1.72. The third-order valence-electron chi connectivity index (χ3n) is 2.59. The molecule has 0 aliphatic rings. The van der Waals surface area contributed by atoms with E-state index in [0.29, 0.717) is 5.69 Å². The Morgan fingerprint density at radius 1 is 1.40 bits per heavy atom. The molecule has 1 aromatic heterocycles. The summed E-state index contributed by atoms with van der Waals surface area (Å²) < 4.78 is 4.43. The molecule has 7 heteroatoms. The predicted octanol–water partition coefficient (Wildman–Crippen LogP) is 0.526. The van der Waals surface area contributed by atoms with Crippen LogP contribution in [0.25, 0.3) is 0 Å². The van der Waals surface area contributed by atoms with E-state index in [1.165, 1.54) is 13.2 Å². The zero-order chi connectivity index (χ0) is 15.1. The maximum absolute atomic E-state index is 11.9. The van der Waals surface area contributed by atoms with E-state index in [-0.39, 0.29) is 18.5 Å². The molecular weight excluding hydrogens is 264 g/mol. The molecule has 0 aliphatic carbocycles. The second kappa shape index (κ2) is 7.22.